The van der Waals surface area contributed by atoms with Gasteiger partial charge in [-0.15, -0.1) is 0 Å². The van der Waals surface area contributed by atoms with Crippen LogP contribution >= 0.6 is 0 Å². The summed E-state index contributed by atoms with van der Waals surface area (Å²) in [6.07, 6.45) is 1.72. The topological polar surface area (TPSA) is 33.7 Å². The average Bonchev–Trinajstić information content (AvgIpc) is 2.70. The van der Waals surface area contributed by atoms with E-state index in [1.165, 1.54) is 6.42 Å². The summed E-state index contributed by atoms with van der Waals surface area (Å²) in [4.78, 5) is 2.41. The summed E-state index contributed by atoms with van der Waals surface area (Å²) < 4.78 is 10.8. The van der Waals surface area contributed by atoms with Crippen LogP contribution in [0.15, 0.2) is 0 Å². The van der Waals surface area contributed by atoms with Crippen LogP contribution < -0.4 is 5.32 Å². The minimum absolute atomic E-state index is 0.232. The summed E-state index contributed by atoms with van der Waals surface area (Å²) in [5.74, 6) is 0.782. The molecule has 1 N–H and O–H groups in total. The molecular weight excluding hydrogens is 216 g/mol. The highest BCUT2D eigenvalue weighted by molar-refractivity contribution is 4.85. The van der Waals surface area contributed by atoms with E-state index in [0.717, 1.165) is 38.6 Å². The Labute approximate surface area is 106 Å². The molecular formula is C13H28N2O2. The second kappa shape index (κ2) is 8.03. The van der Waals surface area contributed by atoms with E-state index in [2.05, 4.69) is 24.1 Å². The highest BCUT2D eigenvalue weighted by Crippen LogP contribution is 2.14. The normalized spacial score (nSPS) is 25.9. The minimum atomic E-state index is 0.232. The van der Waals surface area contributed by atoms with Crippen LogP contribution in [0.3, 0.4) is 0 Å². The molecule has 4 heteroatoms. The molecule has 17 heavy (non-hydrogen) atoms. The molecule has 0 spiro atoms. The van der Waals surface area contributed by atoms with Gasteiger partial charge in [0.2, 0.25) is 0 Å². The number of nitrogens with zero attached hydrogens (tertiary/aromatic N) is 1. The van der Waals surface area contributed by atoms with Crippen LogP contribution in [0.2, 0.25) is 0 Å². The summed E-state index contributed by atoms with van der Waals surface area (Å²) in [6.45, 7) is 9.75. The van der Waals surface area contributed by atoms with Crippen LogP contribution in [0.5, 0.6) is 0 Å². The zero-order valence-corrected chi connectivity index (χ0v) is 11.7. The first kappa shape index (κ1) is 14.9. The summed E-state index contributed by atoms with van der Waals surface area (Å²) in [6, 6.07) is 0. The maximum absolute atomic E-state index is 5.42. The molecule has 1 heterocycles. The van der Waals surface area contributed by atoms with Crippen LogP contribution in [0, 0.1) is 5.92 Å². The van der Waals surface area contributed by atoms with Crippen molar-refractivity contribution in [3.63, 3.8) is 0 Å². The molecule has 2 unspecified atom stereocenters. The Balaban J connectivity index is 2.08. The van der Waals surface area contributed by atoms with Crippen molar-refractivity contribution < 1.29 is 9.47 Å². The largest absolute Gasteiger partial charge is 0.377 e. The highest BCUT2D eigenvalue weighted by atomic mass is 16.5. The van der Waals surface area contributed by atoms with Crippen molar-refractivity contribution in [2.24, 2.45) is 5.92 Å². The van der Waals surface area contributed by atoms with E-state index in [-0.39, 0.29) is 12.2 Å². The Morgan fingerprint density at radius 2 is 1.71 bits per heavy atom. The van der Waals surface area contributed by atoms with Gasteiger partial charge in [0.25, 0.3) is 0 Å². The molecule has 1 saturated heterocycles. The van der Waals surface area contributed by atoms with Gasteiger partial charge in [-0.1, -0.05) is 13.8 Å². The Kier molecular flexibility index (Phi) is 7.04. The molecule has 0 aromatic heterocycles. The van der Waals surface area contributed by atoms with E-state index >= 15 is 0 Å². The average molecular weight is 244 g/mol. The Bertz CT molecular complexity index is 188. The lowest BCUT2D eigenvalue weighted by Gasteiger charge is -2.15. The maximum atomic E-state index is 5.42. The number of ether oxygens (including phenoxy) is 2. The predicted molar refractivity (Wildman–Crippen MR) is 70.4 cm³/mol. The van der Waals surface area contributed by atoms with Crippen molar-refractivity contribution in [3.8, 4) is 0 Å². The van der Waals surface area contributed by atoms with Gasteiger partial charge in [-0.05, 0) is 18.9 Å². The van der Waals surface area contributed by atoms with E-state index in [4.69, 9.17) is 9.47 Å². The fourth-order valence-electron chi connectivity index (χ4n) is 2.21. The molecule has 4 nitrogen and oxygen atoms in total. The Hall–Kier alpha value is -0.160. The minimum Gasteiger partial charge on any atom is -0.377 e. The number of rotatable bonds is 8. The Morgan fingerprint density at radius 3 is 2.18 bits per heavy atom. The molecule has 0 amide bonds. The fourth-order valence-corrected chi connectivity index (χ4v) is 2.21. The van der Waals surface area contributed by atoms with Gasteiger partial charge in [0.1, 0.15) is 0 Å². The monoisotopic (exact) mass is 244 g/mol. The van der Waals surface area contributed by atoms with Crippen LogP contribution in [0.25, 0.3) is 0 Å². The molecule has 1 aliphatic rings. The quantitative estimate of drug-likeness (QED) is 0.645. The molecule has 0 aromatic carbocycles. The van der Waals surface area contributed by atoms with Crippen molar-refractivity contribution in [2.75, 3.05) is 46.9 Å². The zero-order chi connectivity index (χ0) is 12.7. The van der Waals surface area contributed by atoms with Crippen LogP contribution in [-0.2, 0) is 9.47 Å². The van der Waals surface area contributed by atoms with Crippen LogP contribution in [0.1, 0.15) is 20.3 Å². The predicted octanol–water partition coefficient (Wildman–Crippen LogP) is 0.968. The van der Waals surface area contributed by atoms with Crippen LogP contribution in [-0.4, -0.2) is 64.1 Å². The molecule has 0 saturated carbocycles. The summed E-state index contributed by atoms with van der Waals surface area (Å²) in [5, 5.41) is 3.49. The van der Waals surface area contributed by atoms with Crippen molar-refractivity contribution in [2.45, 2.75) is 32.5 Å². The summed E-state index contributed by atoms with van der Waals surface area (Å²) in [7, 11) is 3.53. The van der Waals surface area contributed by atoms with Crippen molar-refractivity contribution in [3.05, 3.63) is 0 Å². The first-order valence-corrected chi connectivity index (χ1v) is 6.66. The molecule has 0 aromatic rings. The Morgan fingerprint density at radius 1 is 1.12 bits per heavy atom. The molecule has 0 aliphatic carbocycles. The standard InChI is InChI=1S/C13H28N2O2/c1-11(2)5-6-14-7-8-15-9-12(16-3)13(10-15)17-4/h11-14H,5-10H2,1-4H3. The molecule has 1 fully saturated rings. The number of nitrogens with one attached hydrogen (secondary N) is 1. The van der Waals surface area contributed by atoms with Gasteiger partial charge in [-0.25, -0.2) is 0 Å². The van der Waals surface area contributed by atoms with Gasteiger partial charge in [-0.3, -0.25) is 4.90 Å². The molecule has 102 valence electrons. The van der Waals surface area contributed by atoms with Gasteiger partial charge in [-0.2, -0.15) is 0 Å². The van der Waals surface area contributed by atoms with E-state index < -0.39 is 0 Å². The molecule has 2 atom stereocenters. The van der Waals surface area contributed by atoms with E-state index in [9.17, 15) is 0 Å². The molecule has 1 aliphatic heterocycles. The summed E-state index contributed by atoms with van der Waals surface area (Å²) in [5.41, 5.74) is 0. The number of methoxy groups -OCH3 is 2. The SMILES string of the molecule is COC1CN(CCNCCC(C)C)CC1OC. The van der Waals surface area contributed by atoms with E-state index in [1.807, 2.05) is 0 Å². The third kappa shape index (κ3) is 5.34. The first-order chi connectivity index (χ1) is 8.17. The van der Waals surface area contributed by atoms with Crippen molar-refractivity contribution >= 4 is 0 Å². The lowest BCUT2D eigenvalue weighted by atomic mass is 10.1. The van der Waals surface area contributed by atoms with Crippen LogP contribution in [0.4, 0.5) is 0 Å². The van der Waals surface area contributed by atoms with Gasteiger partial charge in [0.05, 0.1) is 12.2 Å². The highest BCUT2D eigenvalue weighted by Gasteiger charge is 2.32. The van der Waals surface area contributed by atoms with Gasteiger partial charge < -0.3 is 14.8 Å². The smallest absolute Gasteiger partial charge is 0.0971 e. The first-order valence-electron chi connectivity index (χ1n) is 6.66. The lowest BCUT2D eigenvalue weighted by molar-refractivity contribution is -0.00461. The third-order valence-corrected chi connectivity index (χ3v) is 3.40. The van der Waals surface area contributed by atoms with Gasteiger partial charge in [0.15, 0.2) is 0 Å². The molecule has 0 bridgehead atoms. The second-order valence-corrected chi connectivity index (χ2v) is 5.24. The lowest BCUT2D eigenvalue weighted by Crippen LogP contribution is -2.32. The number of hydrogen-bond donors (Lipinski definition) is 1. The number of likely N-dealkylation sites (tertiary alicyclic amines) is 1. The third-order valence-electron chi connectivity index (χ3n) is 3.40. The van der Waals surface area contributed by atoms with Crippen molar-refractivity contribution in [1.29, 1.82) is 0 Å². The maximum Gasteiger partial charge on any atom is 0.0971 e. The van der Waals surface area contributed by atoms with E-state index in [0.29, 0.717) is 0 Å². The summed E-state index contributed by atoms with van der Waals surface area (Å²) >= 11 is 0. The van der Waals surface area contributed by atoms with E-state index in [1.54, 1.807) is 14.2 Å². The molecule has 1 rings (SSSR count). The van der Waals surface area contributed by atoms with Crippen molar-refractivity contribution in [1.82, 2.24) is 10.2 Å². The molecule has 0 radical (unpaired) electrons. The zero-order valence-electron chi connectivity index (χ0n) is 11.7. The van der Waals surface area contributed by atoms with Gasteiger partial charge >= 0.3 is 0 Å². The number of hydrogen-bond acceptors (Lipinski definition) is 4. The van der Waals surface area contributed by atoms with Gasteiger partial charge in [0, 0.05) is 40.4 Å². The second-order valence-electron chi connectivity index (χ2n) is 5.24. The fraction of sp³-hybridized carbons (Fsp3) is 1.00.